The van der Waals surface area contributed by atoms with E-state index in [9.17, 15) is 0 Å². The van der Waals surface area contributed by atoms with Gasteiger partial charge in [0.05, 0.1) is 5.41 Å². The monoisotopic (exact) mass is 697 g/mol. The average Bonchev–Trinajstić information content (AvgIpc) is 3.46. The first-order chi connectivity index (χ1) is 26.1. The molecule has 0 saturated heterocycles. The molecule has 0 radical (unpaired) electrons. The molecule has 0 aromatic heterocycles. The zero-order chi connectivity index (χ0) is 36.5. The highest BCUT2D eigenvalue weighted by Gasteiger charge is 2.60. The zero-order valence-electron chi connectivity index (χ0n) is 32.6. The Morgan fingerprint density at radius 2 is 1.30 bits per heavy atom. The summed E-state index contributed by atoms with van der Waals surface area (Å²) in [6, 6.07) is 45.8. The van der Waals surface area contributed by atoms with Crippen molar-refractivity contribution in [3.05, 3.63) is 165 Å². The standard InChI is InChI=1S/C52H48BN/c1-31-26-36-35-18-15-22-42-48(35)54(45-23-12-11-21-41(45)52(42)39-19-9-7-16-33(39)34-17-8-10-20-40(34)52)53-44-29-32(49(2,3)4)28-43-46(44)38(37(27-31)47(36)53)30-50(5)24-13-14-25-51(43,50)6/h7-12,15-23,26-29,38H,13-14,24-25,30H2,1-6H3. The molecule has 1 spiro atoms. The highest BCUT2D eigenvalue weighted by molar-refractivity contribution is 6.92. The van der Waals surface area contributed by atoms with E-state index in [1.807, 2.05) is 0 Å². The van der Waals surface area contributed by atoms with Crippen LogP contribution < -0.4 is 15.7 Å². The van der Waals surface area contributed by atoms with Gasteiger partial charge in [0.25, 0.3) is 0 Å². The van der Waals surface area contributed by atoms with Crippen molar-refractivity contribution in [1.29, 1.82) is 0 Å². The van der Waals surface area contributed by atoms with E-state index in [2.05, 4.69) is 162 Å². The molecule has 6 aliphatic rings. The molecule has 3 aliphatic carbocycles. The topological polar surface area (TPSA) is 3.24 Å². The number of nitrogens with zero attached hydrogens (tertiary/aromatic N) is 1. The van der Waals surface area contributed by atoms with Gasteiger partial charge in [0.1, 0.15) is 0 Å². The van der Waals surface area contributed by atoms with Crippen molar-refractivity contribution in [1.82, 2.24) is 0 Å². The summed E-state index contributed by atoms with van der Waals surface area (Å²) in [5, 5.41) is 0. The molecule has 1 nitrogen and oxygen atoms in total. The number of aryl methyl sites for hydroxylation is 1. The Labute approximate surface area is 321 Å². The molecule has 6 aromatic carbocycles. The van der Waals surface area contributed by atoms with Gasteiger partial charge in [-0.1, -0.05) is 162 Å². The third kappa shape index (κ3) is 3.52. The molecule has 3 unspecified atom stereocenters. The smallest absolute Gasteiger partial charge is 0.329 e. The Morgan fingerprint density at radius 1 is 0.648 bits per heavy atom. The number of fused-ring (bicyclic) bond motifs is 15. The van der Waals surface area contributed by atoms with Crippen LogP contribution >= 0.6 is 0 Å². The zero-order valence-corrected chi connectivity index (χ0v) is 32.6. The molecule has 3 aliphatic heterocycles. The third-order valence-corrected chi connectivity index (χ3v) is 15.7. The first kappa shape index (κ1) is 31.5. The summed E-state index contributed by atoms with van der Waals surface area (Å²) < 4.78 is 0. The van der Waals surface area contributed by atoms with Gasteiger partial charge < -0.3 is 4.81 Å². The van der Waals surface area contributed by atoms with Gasteiger partial charge in [0.2, 0.25) is 0 Å². The molecule has 6 aromatic rings. The lowest BCUT2D eigenvalue weighted by Crippen LogP contribution is -2.65. The maximum absolute atomic E-state index is 2.84. The maximum Gasteiger partial charge on any atom is 0.329 e. The van der Waals surface area contributed by atoms with Crippen LogP contribution in [0.4, 0.5) is 11.4 Å². The van der Waals surface area contributed by atoms with Gasteiger partial charge in [-0.15, -0.1) is 0 Å². The number of benzene rings is 6. The summed E-state index contributed by atoms with van der Waals surface area (Å²) in [5.74, 6) is 0.412. The van der Waals surface area contributed by atoms with Gasteiger partial charge in [-0.2, -0.15) is 0 Å². The van der Waals surface area contributed by atoms with Crippen molar-refractivity contribution < 1.29 is 0 Å². The number of para-hydroxylation sites is 2. The summed E-state index contributed by atoms with van der Waals surface area (Å²) in [6.07, 6.45) is 6.52. The lowest BCUT2D eigenvalue weighted by Gasteiger charge is -2.59. The van der Waals surface area contributed by atoms with E-state index in [4.69, 9.17) is 0 Å². The number of hydrogen-bond donors (Lipinski definition) is 0. The predicted molar refractivity (Wildman–Crippen MR) is 227 cm³/mol. The first-order valence-corrected chi connectivity index (χ1v) is 20.6. The van der Waals surface area contributed by atoms with Gasteiger partial charge in [0.15, 0.2) is 0 Å². The van der Waals surface area contributed by atoms with Crippen molar-refractivity contribution in [2.75, 3.05) is 4.81 Å². The van der Waals surface area contributed by atoms with E-state index < -0.39 is 5.41 Å². The van der Waals surface area contributed by atoms with E-state index in [0.717, 1.165) is 0 Å². The van der Waals surface area contributed by atoms with Crippen LogP contribution in [0.2, 0.25) is 0 Å². The molecule has 12 rings (SSSR count). The number of hydrogen-bond acceptors (Lipinski definition) is 1. The molecule has 3 heterocycles. The molecular formula is C52H48BN. The van der Waals surface area contributed by atoms with Crippen molar-refractivity contribution in [3.8, 4) is 22.3 Å². The van der Waals surface area contributed by atoms with E-state index in [1.54, 1.807) is 27.6 Å². The summed E-state index contributed by atoms with van der Waals surface area (Å²) in [5.41, 5.74) is 24.9. The molecule has 0 amide bonds. The van der Waals surface area contributed by atoms with Crippen LogP contribution in [-0.4, -0.2) is 6.85 Å². The van der Waals surface area contributed by atoms with Gasteiger partial charge in [-0.25, -0.2) is 0 Å². The third-order valence-electron chi connectivity index (χ3n) is 15.7. The lowest BCUT2D eigenvalue weighted by atomic mass is 9.35. The normalized spacial score (nSPS) is 24.1. The quantitative estimate of drug-likeness (QED) is 0.143. The van der Waals surface area contributed by atoms with Crippen LogP contribution in [0.1, 0.15) is 123 Å². The van der Waals surface area contributed by atoms with Gasteiger partial charge in [-0.3, -0.25) is 0 Å². The molecule has 2 heteroatoms. The Morgan fingerprint density at radius 3 is 2.04 bits per heavy atom. The minimum absolute atomic E-state index is 0.0369. The molecule has 264 valence electrons. The second-order valence-electron chi connectivity index (χ2n) is 19.3. The first-order valence-electron chi connectivity index (χ1n) is 20.6. The fraction of sp³-hybridized carbons (Fsp3) is 0.308. The summed E-state index contributed by atoms with van der Waals surface area (Å²) in [4.78, 5) is 2.84. The van der Waals surface area contributed by atoms with Crippen LogP contribution in [0.25, 0.3) is 22.3 Å². The van der Waals surface area contributed by atoms with Crippen molar-refractivity contribution >= 4 is 29.1 Å². The van der Waals surface area contributed by atoms with Crippen molar-refractivity contribution in [2.45, 2.75) is 95.8 Å². The van der Waals surface area contributed by atoms with Crippen LogP contribution in [-0.2, 0) is 16.2 Å². The fourth-order valence-electron chi connectivity index (χ4n) is 13.1. The van der Waals surface area contributed by atoms with Gasteiger partial charge >= 0.3 is 6.85 Å². The summed E-state index contributed by atoms with van der Waals surface area (Å²) in [6.45, 7) is 15.1. The Kier molecular flexibility index (Phi) is 5.88. The second-order valence-corrected chi connectivity index (χ2v) is 19.3. The largest absolute Gasteiger partial charge is 0.376 e. The van der Waals surface area contributed by atoms with E-state index in [-0.39, 0.29) is 23.1 Å². The Balaban J connectivity index is 1.25. The minimum Gasteiger partial charge on any atom is -0.376 e. The Hall–Kier alpha value is -4.82. The summed E-state index contributed by atoms with van der Waals surface area (Å²) in [7, 11) is 0. The second kappa shape index (κ2) is 10.1. The van der Waals surface area contributed by atoms with Crippen molar-refractivity contribution in [2.24, 2.45) is 5.41 Å². The average molecular weight is 698 g/mol. The molecule has 3 atom stereocenters. The Bertz CT molecular complexity index is 2610. The minimum atomic E-state index is -0.406. The molecule has 0 N–H and O–H groups in total. The predicted octanol–water partition coefficient (Wildman–Crippen LogP) is 11.6. The molecule has 54 heavy (non-hydrogen) atoms. The van der Waals surface area contributed by atoms with Gasteiger partial charge in [0, 0.05) is 22.9 Å². The van der Waals surface area contributed by atoms with E-state index in [0.29, 0.717) is 5.92 Å². The lowest BCUT2D eigenvalue weighted by molar-refractivity contribution is 0.0602. The fourth-order valence-corrected chi connectivity index (χ4v) is 13.1. The highest BCUT2D eigenvalue weighted by atomic mass is 15.1. The van der Waals surface area contributed by atoms with Crippen LogP contribution in [0.15, 0.2) is 115 Å². The molecular weight excluding hydrogens is 649 g/mol. The molecule has 1 saturated carbocycles. The number of rotatable bonds is 0. The van der Waals surface area contributed by atoms with E-state index in [1.165, 1.54) is 99.1 Å². The van der Waals surface area contributed by atoms with Crippen LogP contribution in [0, 0.1) is 12.3 Å². The van der Waals surface area contributed by atoms with Crippen LogP contribution in [0.3, 0.4) is 0 Å². The van der Waals surface area contributed by atoms with E-state index >= 15 is 0 Å². The van der Waals surface area contributed by atoms with Crippen LogP contribution in [0.5, 0.6) is 0 Å². The summed E-state index contributed by atoms with van der Waals surface area (Å²) >= 11 is 0. The molecule has 1 fully saturated rings. The maximum atomic E-state index is 2.84. The highest BCUT2D eigenvalue weighted by Crippen LogP contribution is 2.66. The van der Waals surface area contributed by atoms with Gasteiger partial charge in [-0.05, 0) is 121 Å². The molecule has 0 bridgehead atoms. The SMILES string of the molecule is Cc1cc2c3c(c1)C1CC4(C)CCCCC4(C)c4cc(C(C)(C)C)cc(c41)B3N1c3ccccc3C3(c4ccccc4-c4ccccc43)c3cccc-2c31. The number of anilines is 2. The van der Waals surface area contributed by atoms with Crippen molar-refractivity contribution in [3.63, 3.8) is 0 Å².